The summed E-state index contributed by atoms with van der Waals surface area (Å²) in [6.45, 7) is -0.417. The number of alkyl halides is 3. The molecule has 0 aliphatic carbocycles. The molecule has 1 N–H and O–H groups in total. The van der Waals surface area contributed by atoms with Crippen molar-refractivity contribution in [2.75, 3.05) is 19.5 Å². The molecule has 4 aromatic rings. The number of ether oxygens (including phenoxy) is 2. The van der Waals surface area contributed by atoms with Crippen LogP contribution in [0.4, 0.5) is 18.9 Å². The smallest absolute Gasteiger partial charge is 0.416 e. The Kier molecular flexibility index (Phi) is 6.29. The second-order valence-corrected chi connectivity index (χ2v) is 8.06. The normalized spacial score (nSPS) is 11.4. The van der Waals surface area contributed by atoms with Gasteiger partial charge in [-0.2, -0.15) is 13.2 Å². The number of rotatable bonds is 6. The molecule has 0 bridgehead atoms. The summed E-state index contributed by atoms with van der Waals surface area (Å²) in [5.74, 6) is 0.363. The maximum Gasteiger partial charge on any atom is 0.416 e. The van der Waals surface area contributed by atoms with Crippen LogP contribution in [0, 0.1) is 0 Å². The van der Waals surface area contributed by atoms with Crippen molar-refractivity contribution in [2.24, 2.45) is 0 Å². The highest BCUT2D eigenvalue weighted by Gasteiger charge is 2.30. The Morgan fingerprint density at radius 2 is 1.88 bits per heavy atom. The van der Waals surface area contributed by atoms with Gasteiger partial charge in [0, 0.05) is 16.6 Å². The number of anilines is 1. The van der Waals surface area contributed by atoms with Gasteiger partial charge in [-0.25, -0.2) is 4.98 Å². The van der Waals surface area contributed by atoms with Crippen LogP contribution >= 0.6 is 11.3 Å². The number of fused-ring (bicyclic) bond motifs is 1. The number of benzene rings is 2. The van der Waals surface area contributed by atoms with E-state index in [0.29, 0.717) is 32.8 Å². The van der Waals surface area contributed by atoms with Gasteiger partial charge < -0.3 is 14.8 Å². The minimum atomic E-state index is -4.54. The van der Waals surface area contributed by atoms with Crippen molar-refractivity contribution in [3.8, 4) is 22.6 Å². The first-order valence-corrected chi connectivity index (χ1v) is 10.8. The molecule has 0 radical (unpaired) electrons. The number of nitrogens with zero attached hydrogens (tertiary/aromatic N) is 2. The van der Waals surface area contributed by atoms with Gasteiger partial charge in [0.15, 0.2) is 11.5 Å². The van der Waals surface area contributed by atoms with Crippen molar-refractivity contribution in [1.82, 2.24) is 9.55 Å². The van der Waals surface area contributed by atoms with E-state index in [0.717, 1.165) is 16.7 Å². The maximum atomic E-state index is 13.2. The van der Waals surface area contributed by atoms with Crippen LogP contribution in [-0.2, 0) is 17.5 Å². The molecule has 34 heavy (non-hydrogen) atoms. The monoisotopic (exact) mass is 489 g/mol. The van der Waals surface area contributed by atoms with Crippen LogP contribution < -0.4 is 20.3 Å². The molecule has 11 heteroatoms. The quantitative estimate of drug-likeness (QED) is 0.421. The minimum absolute atomic E-state index is 0.0246. The molecule has 7 nitrogen and oxygen atoms in total. The number of aromatic nitrogens is 2. The Morgan fingerprint density at radius 1 is 1.12 bits per heavy atom. The Balaban J connectivity index is 1.63. The maximum absolute atomic E-state index is 13.2. The fourth-order valence-electron chi connectivity index (χ4n) is 3.42. The van der Waals surface area contributed by atoms with Crippen LogP contribution in [0.15, 0.2) is 59.0 Å². The highest BCUT2D eigenvalue weighted by molar-refractivity contribution is 7.17. The second kappa shape index (κ2) is 9.18. The van der Waals surface area contributed by atoms with Crippen LogP contribution in [0.5, 0.6) is 11.5 Å². The van der Waals surface area contributed by atoms with E-state index in [9.17, 15) is 22.8 Å². The number of thiophene rings is 1. The predicted octanol–water partition coefficient (Wildman–Crippen LogP) is 4.80. The van der Waals surface area contributed by atoms with Gasteiger partial charge in [0.2, 0.25) is 5.91 Å². The number of amides is 1. The second-order valence-electron chi connectivity index (χ2n) is 7.20. The molecule has 0 aliphatic rings. The third-order valence-electron chi connectivity index (χ3n) is 5.04. The van der Waals surface area contributed by atoms with E-state index >= 15 is 0 Å². The Hall–Kier alpha value is -3.86. The van der Waals surface area contributed by atoms with Gasteiger partial charge in [-0.3, -0.25) is 14.2 Å². The van der Waals surface area contributed by atoms with E-state index in [4.69, 9.17) is 9.47 Å². The fraction of sp³-hybridized carbons (Fsp3) is 0.174. The highest BCUT2D eigenvalue weighted by atomic mass is 32.1. The van der Waals surface area contributed by atoms with Crippen LogP contribution in [0.25, 0.3) is 21.3 Å². The molecule has 0 unspecified atom stereocenters. The number of carbonyl (C=O) groups excluding carboxylic acids is 1. The lowest BCUT2D eigenvalue weighted by molar-refractivity contribution is -0.137. The van der Waals surface area contributed by atoms with Gasteiger partial charge in [0.25, 0.3) is 5.56 Å². The first-order chi connectivity index (χ1) is 16.2. The SMILES string of the molecule is COc1ccc(-c2csc3ncn(CC(=O)Nc4cccc(C(F)(F)F)c4)c(=O)c23)cc1OC. The zero-order chi connectivity index (χ0) is 24.5. The number of halogens is 3. The lowest BCUT2D eigenvalue weighted by Crippen LogP contribution is -2.27. The average Bonchev–Trinajstić information content (AvgIpc) is 3.25. The summed E-state index contributed by atoms with van der Waals surface area (Å²) >= 11 is 1.28. The molecular weight excluding hydrogens is 471 g/mol. The summed E-state index contributed by atoms with van der Waals surface area (Å²) in [5, 5.41) is 4.50. The van der Waals surface area contributed by atoms with E-state index < -0.39 is 29.8 Å². The van der Waals surface area contributed by atoms with Crippen LogP contribution in [0.1, 0.15) is 5.56 Å². The zero-order valence-electron chi connectivity index (χ0n) is 18.0. The summed E-state index contributed by atoms with van der Waals surface area (Å²) in [6.07, 6.45) is -3.29. The molecule has 2 aromatic heterocycles. The van der Waals surface area contributed by atoms with E-state index in [1.165, 1.54) is 44.0 Å². The van der Waals surface area contributed by atoms with E-state index in [1.807, 2.05) is 0 Å². The van der Waals surface area contributed by atoms with Crippen molar-refractivity contribution < 1.29 is 27.4 Å². The van der Waals surface area contributed by atoms with Crippen LogP contribution in [0.2, 0.25) is 0 Å². The molecule has 176 valence electrons. The Bertz CT molecular complexity index is 1430. The van der Waals surface area contributed by atoms with E-state index in [1.54, 1.807) is 23.6 Å². The van der Waals surface area contributed by atoms with Crippen molar-refractivity contribution in [3.05, 3.63) is 70.1 Å². The molecule has 1 amide bonds. The molecule has 0 aliphatic heterocycles. The number of nitrogens with one attached hydrogen (secondary N) is 1. The Labute approximate surface area is 195 Å². The van der Waals surface area contributed by atoms with Crippen molar-refractivity contribution in [2.45, 2.75) is 12.7 Å². The first-order valence-electron chi connectivity index (χ1n) is 9.87. The topological polar surface area (TPSA) is 82.5 Å². The highest BCUT2D eigenvalue weighted by Crippen LogP contribution is 2.36. The van der Waals surface area contributed by atoms with Crippen molar-refractivity contribution >= 4 is 33.1 Å². The lowest BCUT2D eigenvalue weighted by atomic mass is 10.1. The molecule has 0 spiro atoms. The first kappa shape index (κ1) is 23.3. The third-order valence-corrected chi connectivity index (χ3v) is 5.93. The molecular formula is C23H18F3N3O4S. The Morgan fingerprint density at radius 3 is 2.59 bits per heavy atom. The molecule has 0 fully saturated rings. The van der Waals surface area contributed by atoms with E-state index in [-0.39, 0.29) is 5.69 Å². The van der Waals surface area contributed by atoms with Crippen molar-refractivity contribution in [1.29, 1.82) is 0 Å². The molecule has 4 rings (SSSR count). The van der Waals surface area contributed by atoms with Crippen LogP contribution in [0.3, 0.4) is 0 Å². The van der Waals surface area contributed by atoms with Crippen LogP contribution in [-0.4, -0.2) is 29.7 Å². The third kappa shape index (κ3) is 4.60. The summed E-state index contributed by atoms with van der Waals surface area (Å²) in [5.41, 5.74) is -0.0397. The number of hydrogen-bond acceptors (Lipinski definition) is 6. The average molecular weight is 489 g/mol. The standard InChI is InChI=1S/C23H18F3N3O4S/c1-32-17-7-6-13(8-18(17)33-2)16-11-34-21-20(16)22(31)29(12-27-21)10-19(30)28-15-5-3-4-14(9-15)23(24,25)26/h3-9,11-12H,10H2,1-2H3,(H,28,30). The minimum Gasteiger partial charge on any atom is -0.493 e. The van der Waals surface area contributed by atoms with Gasteiger partial charge in [-0.15, -0.1) is 11.3 Å². The number of hydrogen-bond donors (Lipinski definition) is 1. The van der Waals surface area contributed by atoms with Gasteiger partial charge >= 0.3 is 6.18 Å². The van der Waals surface area contributed by atoms with Gasteiger partial charge in [-0.1, -0.05) is 12.1 Å². The summed E-state index contributed by atoms with van der Waals surface area (Å²) in [6, 6.07) is 9.50. The molecule has 0 atom stereocenters. The number of methoxy groups -OCH3 is 2. The predicted molar refractivity (Wildman–Crippen MR) is 122 cm³/mol. The van der Waals surface area contributed by atoms with Crippen molar-refractivity contribution in [3.63, 3.8) is 0 Å². The van der Waals surface area contributed by atoms with Gasteiger partial charge in [-0.05, 0) is 35.9 Å². The summed E-state index contributed by atoms with van der Waals surface area (Å²) in [7, 11) is 3.02. The molecule has 0 saturated carbocycles. The van der Waals surface area contributed by atoms with Gasteiger partial charge in [0.1, 0.15) is 11.4 Å². The summed E-state index contributed by atoms with van der Waals surface area (Å²) < 4.78 is 50.4. The fourth-order valence-corrected chi connectivity index (χ4v) is 4.33. The number of carbonyl (C=O) groups is 1. The molecule has 2 heterocycles. The van der Waals surface area contributed by atoms with E-state index in [2.05, 4.69) is 10.3 Å². The molecule has 2 aromatic carbocycles. The zero-order valence-corrected chi connectivity index (χ0v) is 18.8. The van der Waals surface area contributed by atoms with Gasteiger partial charge in [0.05, 0.1) is 31.5 Å². The molecule has 0 saturated heterocycles. The summed E-state index contributed by atoms with van der Waals surface area (Å²) in [4.78, 5) is 30.4. The largest absolute Gasteiger partial charge is 0.493 e. The lowest BCUT2D eigenvalue weighted by Gasteiger charge is -2.11.